The van der Waals surface area contributed by atoms with Crippen LogP contribution in [0.15, 0.2) is 12.1 Å². The molecule has 2 unspecified atom stereocenters. The van der Waals surface area contributed by atoms with E-state index in [1.165, 1.54) is 25.0 Å². The average molecular weight is 312 g/mol. The molecule has 21 heavy (non-hydrogen) atoms. The van der Waals surface area contributed by atoms with E-state index in [9.17, 15) is 4.79 Å². The van der Waals surface area contributed by atoms with Crippen molar-refractivity contribution >= 4 is 23.4 Å². The largest absolute Gasteiger partial charge is 0.478 e. The number of fused-ring (bicyclic) bond motifs is 1. The van der Waals surface area contributed by atoms with Gasteiger partial charge in [0.25, 0.3) is 0 Å². The van der Waals surface area contributed by atoms with Crippen molar-refractivity contribution in [2.24, 2.45) is 0 Å². The Balaban J connectivity index is 1.62. The molecule has 7 heteroatoms. The summed E-state index contributed by atoms with van der Waals surface area (Å²) in [5.41, 5.74) is 0.120. The minimum atomic E-state index is -1.02. The molecule has 2 saturated heterocycles. The molecule has 1 aromatic rings. The Morgan fingerprint density at radius 1 is 1.57 bits per heavy atom. The second-order valence-electron chi connectivity index (χ2n) is 5.46. The molecular weight excluding hydrogens is 294 g/mol. The number of rotatable bonds is 4. The first-order valence-electron chi connectivity index (χ1n) is 7.13. The Hall–Kier alpha value is -1.37. The van der Waals surface area contributed by atoms with Gasteiger partial charge in [-0.3, -0.25) is 4.90 Å². The van der Waals surface area contributed by atoms with Crippen molar-refractivity contribution in [2.75, 3.05) is 31.6 Å². The second kappa shape index (κ2) is 6.17. The molecule has 0 aromatic carbocycles. The number of morpholine rings is 1. The van der Waals surface area contributed by atoms with Gasteiger partial charge >= 0.3 is 5.97 Å². The number of pyridine rings is 1. The molecule has 2 aliphatic rings. The predicted molar refractivity (Wildman–Crippen MR) is 79.0 cm³/mol. The van der Waals surface area contributed by atoms with Gasteiger partial charge < -0.3 is 15.2 Å². The summed E-state index contributed by atoms with van der Waals surface area (Å²) in [5, 5.41) is 12.5. The van der Waals surface area contributed by atoms with Crippen LogP contribution in [-0.4, -0.2) is 59.3 Å². The van der Waals surface area contributed by atoms with Crippen molar-refractivity contribution in [2.45, 2.75) is 25.0 Å². The van der Waals surface area contributed by atoms with Gasteiger partial charge in [-0.1, -0.05) is 11.6 Å². The Kier molecular flexibility index (Phi) is 4.28. The van der Waals surface area contributed by atoms with Gasteiger partial charge in [-0.15, -0.1) is 0 Å². The third kappa shape index (κ3) is 3.28. The van der Waals surface area contributed by atoms with Gasteiger partial charge in [0, 0.05) is 19.1 Å². The van der Waals surface area contributed by atoms with E-state index in [0.29, 0.717) is 18.4 Å². The lowest BCUT2D eigenvalue weighted by Crippen LogP contribution is -2.48. The van der Waals surface area contributed by atoms with E-state index in [0.717, 1.165) is 19.7 Å². The highest BCUT2D eigenvalue weighted by atomic mass is 35.5. The third-order valence-electron chi connectivity index (χ3n) is 4.05. The molecule has 0 amide bonds. The Bertz CT molecular complexity index is 540. The average Bonchev–Trinajstić information content (AvgIpc) is 2.92. The highest BCUT2D eigenvalue weighted by molar-refractivity contribution is 6.29. The SMILES string of the molecule is O=C(O)c1ccc(Cl)nc1NCC1CN2CCCC2CO1. The summed E-state index contributed by atoms with van der Waals surface area (Å²) in [6, 6.07) is 3.49. The summed E-state index contributed by atoms with van der Waals surface area (Å²) in [4.78, 5) is 17.7. The van der Waals surface area contributed by atoms with E-state index in [4.69, 9.17) is 21.4 Å². The zero-order valence-corrected chi connectivity index (χ0v) is 12.3. The van der Waals surface area contributed by atoms with Crippen molar-refractivity contribution < 1.29 is 14.6 Å². The fourth-order valence-electron chi connectivity index (χ4n) is 2.96. The summed E-state index contributed by atoms with van der Waals surface area (Å²) < 4.78 is 5.83. The maximum Gasteiger partial charge on any atom is 0.339 e. The van der Waals surface area contributed by atoms with Crippen molar-refractivity contribution in [3.8, 4) is 0 Å². The molecule has 6 nitrogen and oxygen atoms in total. The van der Waals surface area contributed by atoms with E-state index < -0.39 is 5.97 Å². The maximum atomic E-state index is 11.2. The normalized spacial score (nSPS) is 25.6. The maximum absolute atomic E-state index is 11.2. The molecule has 114 valence electrons. The number of carboxylic acids is 1. The van der Waals surface area contributed by atoms with Gasteiger partial charge in [0.1, 0.15) is 16.5 Å². The zero-order valence-electron chi connectivity index (χ0n) is 11.6. The molecule has 0 spiro atoms. The molecule has 1 aromatic heterocycles. The van der Waals surface area contributed by atoms with Crippen LogP contribution in [0.5, 0.6) is 0 Å². The summed E-state index contributed by atoms with van der Waals surface area (Å²) in [6.07, 6.45) is 2.48. The van der Waals surface area contributed by atoms with Crippen LogP contribution in [0.3, 0.4) is 0 Å². The van der Waals surface area contributed by atoms with Crippen LogP contribution in [0.1, 0.15) is 23.2 Å². The molecule has 2 N–H and O–H groups in total. The fourth-order valence-corrected chi connectivity index (χ4v) is 3.11. The van der Waals surface area contributed by atoms with Crippen LogP contribution in [0.25, 0.3) is 0 Å². The van der Waals surface area contributed by atoms with Crippen LogP contribution >= 0.6 is 11.6 Å². The first-order chi connectivity index (χ1) is 10.1. The zero-order chi connectivity index (χ0) is 14.8. The van der Waals surface area contributed by atoms with E-state index in [-0.39, 0.29) is 16.8 Å². The molecule has 0 bridgehead atoms. The van der Waals surface area contributed by atoms with E-state index in [2.05, 4.69) is 15.2 Å². The number of nitrogens with zero attached hydrogens (tertiary/aromatic N) is 2. The number of ether oxygens (including phenoxy) is 1. The lowest BCUT2D eigenvalue weighted by Gasteiger charge is -2.35. The van der Waals surface area contributed by atoms with E-state index in [1.807, 2.05) is 0 Å². The number of hydrogen-bond donors (Lipinski definition) is 2. The monoisotopic (exact) mass is 311 g/mol. The van der Waals surface area contributed by atoms with Gasteiger partial charge in [0.2, 0.25) is 0 Å². The van der Waals surface area contributed by atoms with Crippen molar-refractivity contribution in [3.05, 3.63) is 22.8 Å². The van der Waals surface area contributed by atoms with Gasteiger partial charge in [-0.05, 0) is 31.5 Å². The van der Waals surface area contributed by atoms with Gasteiger partial charge in [-0.25, -0.2) is 9.78 Å². The van der Waals surface area contributed by atoms with Crippen LogP contribution in [0.2, 0.25) is 5.15 Å². The van der Waals surface area contributed by atoms with Crippen LogP contribution in [-0.2, 0) is 4.74 Å². The van der Waals surface area contributed by atoms with E-state index in [1.54, 1.807) is 0 Å². The van der Waals surface area contributed by atoms with Gasteiger partial charge in [0.05, 0.1) is 12.7 Å². The first-order valence-corrected chi connectivity index (χ1v) is 7.50. The smallest absolute Gasteiger partial charge is 0.339 e. The Morgan fingerprint density at radius 3 is 3.24 bits per heavy atom. The first kappa shape index (κ1) is 14.6. The molecule has 2 fully saturated rings. The highest BCUT2D eigenvalue weighted by Gasteiger charge is 2.32. The predicted octanol–water partition coefficient (Wildman–Crippen LogP) is 1.71. The van der Waals surface area contributed by atoms with Crippen molar-refractivity contribution in [3.63, 3.8) is 0 Å². The summed E-state index contributed by atoms with van der Waals surface area (Å²) in [6.45, 7) is 3.28. The molecule has 0 aliphatic carbocycles. The number of carbonyl (C=O) groups is 1. The molecule has 2 atom stereocenters. The number of carboxylic acid groups (broad SMARTS) is 1. The summed E-state index contributed by atoms with van der Waals surface area (Å²) in [7, 11) is 0. The van der Waals surface area contributed by atoms with Gasteiger partial charge in [-0.2, -0.15) is 0 Å². The molecular formula is C14H18ClN3O3. The lowest BCUT2D eigenvalue weighted by molar-refractivity contribution is -0.0416. The number of aromatic nitrogens is 1. The molecule has 0 saturated carbocycles. The quantitative estimate of drug-likeness (QED) is 0.825. The summed E-state index contributed by atoms with van der Waals surface area (Å²) >= 11 is 5.83. The minimum absolute atomic E-state index is 0.0433. The van der Waals surface area contributed by atoms with Crippen LogP contribution < -0.4 is 5.32 Å². The number of aromatic carboxylic acids is 1. The van der Waals surface area contributed by atoms with Crippen molar-refractivity contribution in [1.29, 1.82) is 0 Å². The topological polar surface area (TPSA) is 74.7 Å². The number of anilines is 1. The lowest BCUT2D eigenvalue weighted by atomic mass is 10.2. The number of nitrogens with one attached hydrogen (secondary N) is 1. The molecule has 3 rings (SSSR count). The second-order valence-corrected chi connectivity index (χ2v) is 5.85. The number of hydrogen-bond acceptors (Lipinski definition) is 5. The number of halogens is 1. The minimum Gasteiger partial charge on any atom is -0.478 e. The van der Waals surface area contributed by atoms with Crippen LogP contribution in [0, 0.1) is 0 Å². The summed E-state index contributed by atoms with van der Waals surface area (Å²) in [5.74, 6) is -0.729. The van der Waals surface area contributed by atoms with E-state index >= 15 is 0 Å². The Labute approximate surface area is 128 Å². The highest BCUT2D eigenvalue weighted by Crippen LogP contribution is 2.23. The fraction of sp³-hybridized carbons (Fsp3) is 0.571. The molecule has 2 aliphatic heterocycles. The van der Waals surface area contributed by atoms with Crippen molar-refractivity contribution in [1.82, 2.24) is 9.88 Å². The molecule has 3 heterocycles. The molecule has 0 radical (unpaired) electrons. The van der Waals surface area contributed by atoms with Gasteiger partial charge in [0.15, 0.2) is 0 Å². The standard InChI is InChI=1S/C14H18ClN3O3/c15-12-4-3-11(14(19)20)13(17-12)16-6-10-7-18-5-1-2-9(18)8-21-10/h3-4,9-10H,1-2,5-8H2,(H,16,17)(H,19,20). The third-order valence-corrected chi connectivity index (χ3v) is 4.26. The van der Waals surface area contributed by atoms with Crippen LogP contribution in [0.4, 0.5) is 5.82 Å². The Morgan fingerprint density at radius 2 is 2.43 bits per heavy atom.